The van der Waals surface area contributed by atoms with Gasteiger partial charge in [-0.15, -0.1) is 0 Å². The van der Waals surface area contributed by atoms with Crippen molar-refractivity contribution >= 4 is 11.8 Å². The summed E-state index contributed by atoms with van der Waals surface area (Å²) in [7, 11) is 0. The maximum absolute atomic E-state index is 4.91. The second-order valence-corrected chi connectivity index (χ2v) is 2.13. The molecular formula is C4H7LiOS. The third kappa shape index (κ3) is 3.49. The molecule has 0 aromatic rings. The summed E-state index contributed by atoms with van der Waals surface area (Å²) in [5, 5.41) is 0. The van der Waals surface area contributed by atoms with Crippen molar-refractivity contribution in [3.63, 3.8) is 0 Å². The van der Waals surface area contributed by atoms with Gasteiger partial charge in [-0.2, -0.15) is 5.94 Å². The van der Waals surface area contributed by atoms with E-state index in [1.807, 2.05) is 5.94 Å². The molecule has 0 aliphatic carbocycles. The fourth-order valence-electron chi connectivity index (χ4n) is 0.370. The minimum Gasteiger partial charge on any atom is -0.541 e. The first-order valence-electron chi connectivity index (χ1n) is 2.05. The summed E-state index contributed by atoms with van der Waals surface area (Å²) in [6.07, 6.45) is 1.21. The Kier molecular flexibility index (Phi) is 5.71. The zero-order valence-electron chi connectivity index (χ0n) is 4.52. The summed E-state index contributed by atoms with van der Waals surface area (Å²) in [5.74, 6) is 3.05. The van der Waals surface area contributed by atoms with E-state index in [2.05, 4.69) is 0 Å². The van der Waals surface area contributed by atoms with Gasteiger partial charge in [0.1, 0.15) is 0 Å². The molecule has 0 aromatic heterocycles. The SMILES string of the molecule is [CH-]1OCCCS1.[Li+]. The first kappa shape index (κ1) is 7.91. The van der Waals surface area contributed by atoms with Crippen molar-refractivity contribution in [2.75, 3.05) is 12.4 Å². The van der Waals surface area contributed by atoms with E-state index in [4.69, 9.17) is 4.74 Å². The maximum Gasteiger partial charge on any atom is 1.00 e. The van der Waals surface area contributed by atoms with Gasteiger partial charge >= 0.3 is 18.9 Å². The fourth-order valence-corrected chi connectivity index (χ4v) is 0.943. The van der Waals surface area contributed by atoms with Crippen LogP contribution in [0.15, 0.2) is 0 Å². The van der Waals surface area contributed by atoms with Gasteiger partial charge in [0.2, 0.25) is 0 Å². The van der Waals surface area contributed by atoms with Gasteiger partial charge in [-0.1, -0.05) is 0 Å². The number of rotatable bonds is 0. The Morgan fingerprint density at radius 2 is 2.43 bits per heavy atom. The molecule has 1 aliphatic heterocycles. The Morgan fingerprint density at radius 1 is 1.57 bits per heavy atom. The molecule has 1 heterocycles. The average Bonchev–Trinajstić information content (AvgIpc) is 1.72. The smallest absolute Gasteiger partial charge is 0.541 e. The van der Waals surface area contributed by atoms with E-state index in [1.54, 1.807) is 11.8 Å². The predicted molar refractivity (Wildman–Crippen MR) is 27.3 cm³/mol. The van der Waals surface area contributed by atoms with Crippen molar-refractivity contribution < 1.29 is 23.6 Å². The van der Waals surface area contributed by atoms with Crippen LogP contribution in [0.5, 0.6) is 0 Å². The third-order valence-corrected chi connectivity index (χ3v) is 1.46. The molecule has 1 rings (SSSR count). The van der Waals surface area contributed by atoms with Crippen molar-refractivity contribution in [3.8, 4) is 0 Å². The van der Waals surface area contributed by atoms with E-state index in [1.165, 1.54) is 12.2 Å². The van der Waals surface area contributed by atoms with Crippen LogP contribution < -0.4 is 18.9 Å². The summed E-state index contributed by atoms with van der Waals surface area (Å²) in [4.78, 5) is 0. The van der Waals surface area contributed by atoms with E-state index < -0.39 is 0 Å². The van der Waals surface area contributed by atoms with Crippen LogP contribution in [0.25, 0.3) is 0 Å². The number of ether oxygens (including phenoxy) is 1. The van der Waals surface area contributed by atoms with Crippen molar-refractivity contribution in [1.29, 1.82) is 0 Å². The van der Waals surface area contributed by atoms with Crippen molar-refractivity contribution in [1.82, 2.24) is 0 Å². The van der Waals surface area contributed by atoms with Gasteiger partial charge in [-0.05, 0) is 12.2 Å². The van der Waals surface area contributed by atoms with Gasteiger partial charge in [-0.25, -0.2) is 0 Å². The Hall–Kier alpha value is 0.907. The van der Waals surface area contributed by atoms with E-state index in [0.29, 0.717) is 0 Å². The Bertz CT molecular complexity index is 27.2. The van der Waals surface area contributed by atoms with Crippen molar-refractivity contribution in [2.45, 2.75) is 6.42 Å². The molecule has 3 heteroatoms. The molecule has 1 nitrogen and oxygen atoms in total. The molecule has 0 saturated carbocycles. The fraction of sp³-hybridized carbons (Fsp3) is 0.750. The maximum atomic E-state index is 4.91. The Morgan fingerprint density at radius 3 is 2.57 bits per heavy atom. The molecule has 0 aromatic carbocycles. The summed E-state index contributed by atoms with van der Waals surface area (Å²) in [6.45, 7) is 0.924. The van der Waals surface area contributed by atoms with Gasteiger partial charge in [-0.3, -0.25) is 0 Å². The molecule has 0 N–H and O–H groups in total. The van der Waals surface area contributed by atoms with Gasteiger partial charge in [0.25, 0.3) is 0 Å². The summed E-state index contributed by atoms with van der Waals surface area (Å²) in [5.41, 5.74) is 0. The molecule has 0 atom stereocenters. The van der Waals surface area contributed by atoms with E-state index in [0.717, 1.165) is 6.61 Å². The summed E-state index contributed by atoms with van der Waals surface area (Å²) < 4.78 is 4.91. The topological polar surface area (TPSA) is 9.23 Å². The molecular weight excluding hydrogens is 103 g/mol. The van der Waals surface area contributed by atoms with Crippen LogP contribution in [0.1, 0.15) is 6.42 Å². The number of hydrogen-bond donors (Lipinski definition) is 0. The van der Waals surface area contributed by atoms with Crippen molar-refractivity contribution in [2.24, 2.45) is 0 Å². The monoisotopic (exact) mass is 110 g/mol. The largest absolute Gasteiger partial charge is 1.00 e. The van der Waals surface area contributed by atoms with Gasteiger partial charge in [0.15, 0.2) is 0 Å². The molecule has 1 saturated heterocycles. The predicted octanol–water partition coefficient (Wildman–Crippen LogP) is -1.74. The second-order valence-electron chi connectivity index (χ2n) is 1.19. The average molecular weight is 110 g/mol. The number of hydrogen-bond acceptors (Lipinski definition) is 2. The van der Waals surface area contributed by atoms with E-state index in [-0.39, 0.29) is 18.9 Å². The molecule has 1 aliphatic rings. The van der Waals surface area contributed by atoms with Crippen molar-refractivity contribution in [3.05, 3.63) is 5.94 Å². The summed E-state index contributed by atoms with van der Waals surface area (Å²) in [6, 6.07) is 0. The Balaban J connectivity index is 0.000000360. The molecule has 0 bridgehead atoms. The molecule has 0 amide bonds. The Labute approximate surface area is 60.4 Å². The quantitative estimate of drug-likeness (QED) is 0.270. The van der Waals surface area contributed by atoms with E-state index in [9.17, 15) is 0 Å². The second kappa shape index (κ2) is 5.05. The standard InChI is InChI=1S/C4H7OS.Li/c1-2-5-4-6-3-1;/h4H,1-3H2;/q-1;+1. The van der Waals surface area contributed by atoms with Crippen LogP contribution in [-0.2, 0) is 4.74 Å². The number of thioether (sulfide) groups is 1. The third-order valence-electron chi connectivity index (χ3n) is 0.660. The first-order chi connectivity index (χ1) is 3.00. The normalized spacial score (nSPS) is 20.6. The zero-order valence-corrected chi connectivity index (χ0v) is 5.33. The van der Waals surface area contributed by atoms with Crippen LogP contribution in [0.3, 0.4) is 0 Å². The van der Waals surface area contributed by atoms with Crippen LogP contribution >= 0.6 is 11.8 Å². The minimum absolute atomic E-state index is 0. The molecule has 0 radical (unpaired) electrons. The van der Waals surface area contributed by atoms with Gasteiger partial charge in [0, 0.05) is 6.61 Å². The molecule has 1 fully saturated rings. The summed E-state index contributed by atoms with van der Waals surface area (Å²) >= 11 is 1.75. The molecule has 0 spiro atoms. The molecule has 36 valence electrons. The van der Waals surface area contributed by atoms with Crippen LogP contribution in [-0.4, -0.2) is 12.4 Å². The van der Waals surface area contributed by atoms with E-state index >= 15 is 0 Å². The minimum atomic E-state index is 0. The van der Waals surface area contributed by atoms with Crippen LogP contribution in [0, 0.1) is 5.94 Å². The first-order valence-corrected chi connectivity index (χ1v) is 3.10. The van der Waals surface area contributed by atoms with Crippen LogP contribution in [0.2, 0.25) is 0 Å². The van der Waals surface area contributed by atoms with Crippen LogP contribution in [0.4, 0.5) is 0 Å². The molecule has 0 unspecified atom stereocenters. The molecule has 7 heavy (non-hydrogen) atoms. The zero-order chi connectivity index (χ0) is 4.24. The van der Waals surface area contributed by atoms with Gasteiger partial charge < -0.3 is 16.5 Å². The van der Waals surface area contributed by atoms with Gasteiger partial charge in [0.05, 0.1) is 0 Å².